The van der Waals surface area contributed by atoms with Crippen molar-refractivity contribution >= 4 is 41.8 Å². The van der Waals surface area contributed by atoms with Gasteiger partial charge in [-0.05, 0) is 38.4 Å². The molecule has 0 aliphatic carbocycles. The molecule has 130 valence electrons. The number of carbonyl (C=O) groups excluding carboxylic acids is 1. The maximum atomic E-state index is 12.3. The normalized spacial score (nSPS) is 10.3. The van der Waals surface area contributed by atoms with Crippen LogP contribution in [0.1, 0.15) is 10.4 Å². The van der Waals surface area contributed by atoms with Gasteiger partial charge in [0.25, 0.3) is 5.91 Å². The Bertz CT molecular complexity index is 783. The molecule has 0 spiro atoms. The van der Waals surface area contributed by atoms with Gasteiger partial charge in [0.2, 0.25) is 0 Å². The lowest BCUT2D eigenvalue weighted by atomic mass is 10.1. The number of fused-ring (bicyclic) bond motifs is 1. The average molecular weight is 370 g/mol. The Morgan fingerprint density at radius 1 is 1.21 bits per heavy atom. The number of amides is 1. The van der Waals surface area contributed by atoms with Crippen LogP contribution in [0.15, 0.2) is 36.5 Å². The molecule has 6 nitrogen and oxygen atoms in total. The smallest absolute Gasteiger partial charge is 0.253 e. The molecule has 2 aromatic heterocycles. The number of aromatic nitrogens is 3. The van der Waals surface area contributed by atoms with Crippen molar-refractivity contribution in [2.75, 3.05) is 27.2 Å². The first-order chi connectivity index (χ1) is 10.6. The monoisotopic (exact) mass is 369 g/mol. The zero-order valence-corrected chi connectivity index (χ0v) is 15.1. The zero-order valence-electron chi connectivity index (χ0n) is 13.5. The number of halogens is 2. The second-order valence-corrected chi connectivity index (χ2v) is 5.43. The molecule has 0 fully saturated rings. The predicted molar refractivity (Wildman–Crippen MR) is 101 cm³/mol. The van der Waals surface area contributed by atoms with Gasteiger partial charge in [-0.3, -0.25) is 4.79 Å². The number of aromatic amines is 2. The van der Waals surface area contributed by atoms with Crippen LogP contribution in [0.25, 0.3) is 22.6 Å². The fourth-order valence-electron chi connectivity index (χ4n) is 2.31. The maximum absolute atomic E-state index is 12.3. The minimum Gasteiger partial charge on any atom is -0.359 e. The van der Waals surface area contributed by atoms with Crippen LogP contribution in [0.5, 0.6) is 0 Å². The Balaban J connectivity index is 0.00000144. The van der Waals surface area contributed by atoms with Gasteiger partial charge >= 0.3 is 0 Å². The third kappa shape index (κ3) is 4.29. The fourth-order valence-corrected chi connectivity index (χ4v) is 2.31. The summed E-state index contributed by atoms with van der Waals surface area (Å²) >= 11 is 0. The van der Waals surface area contributed by atoms with Gasteiger partial charge in [0.05, 0.1) is 16.8 Å². The van der Waals surface area contributed by atoms with Crippen LogP contribution in [0.3, 0.4) is 0 Å². The quantitative estimate of drug-likeness (QED) is 0.646. The first-order valence-electron chi connectivity index (χ1n) is 7.20. The molecule has 3 aromatic rings. The van der Waals surface area contributed by atoms with E-state index in [1.807, 2.05) is 49.5 Å². The van der Waals surface area contributed by atoms with Crippen LogP contribution in [0, 0.1) is 0 Å². The second kappa shape index (κ2) is 8.73. The molecule has 0 bridgehead atoms. The van der Waals surface area contributed by atoms with E-state index in [9.17, 15) is 4.79 Å². The van der Waals surface area contributed by atoms with Crippen molar-refractivity contribution in [3.05, 3.63) is 42.1 Å². The number of nitrogens with zero attached hydrogens (tertiary/aromatic N) is 2. The molecule has 1 amide bonds. The van der Waals surface area contributed by atoms with Crippen molar-refractivity contribution in [1.82, 2.24) is 25.2 Å². The largest absolute Gasteiger partial charge is 0.359 e. The molecule has 0 radical (unpaired) electrons. The number of carbonyl (C=O) groups is 1. The number of nitrogens with one attached hydrogen (secondary N) is 3. The lowest BCUT2D eigenvalue weighted by molar-refractivity contribution is 0.0952. The van der Waals surface area contributed by atoms with E-state index >= 15 is 0 Å². The summed E-state index contributed by atoms with van der Waals surface area (Å²) in [7, 11) is 3.95. The van der Waals surface area contributed by atoms with E-state index in [-0.39, 0.29) is 30.7 Å². The fraction of sp³-hybridized carbons (Fsp3) is 0.250. The van der Waals surface area contributed by atoms with Crippen molar-refractivity contribution in [2.24, 2.45) is 0 Å². The van der Waals surface area contributed by atoms with Gasteiger partial charge in [-0.1, -0.05) is 6.07 Å². The lowest BCUT2D eigenvalue weighted by Gasteiger charge is -2.10. The Morgan fingerprint density at radius 2 is 2.00 bits per heavy atom. The number of imidazole rings is 1. The predicted octanol–water partition coefficient (Wildman–Crippen LogP) is 2.69. The summed E-state index contributed by atoms with van der Waals surface area (Å²) in [6.07, 6.45) is 1.84. The summed E-state index contributed by atoms with van der Waals surface area (Å²) < 4.78 is 0. The van der Waals surface area contributed by atoms with Gasteiger partial charge in [0, 0.05) is 19.3 Å². The third-order valence-corrected chi connectivity index (χ3v) is 3.45. The van der Waals surface area contributed by atoms with Crippen molar-refractivity contribution in [1.29, 1.82) is 0 Å². The molecular formula is C16H21Cl2N5O. The molecule has 0 unspecified atom stereocenters. The molecular weight excluding hydrogens is 349 g/mol. The topological polar surface area (TPSA) is 76.8 Å². The summed E-state index contributed by atoms with van der Waals surface area (Å²) in [5, 5.41) is 2.92. The summed E-state index contributed by atoms with van der Waals surface area (Å²) in [4.78, 5) is 25.3. The van der Waals surface area contributed by atoms with E-state index in [0.29, 0.717) is 17.6 Å². The Morgan fingerprint density at radius 3 is 2.67 bits per heavy atom. The summed E-state index contributed by atoms with van der Waals surface area (Å²) in [6, 6.07) is 9.43. The lowest BCUT2D eigenvalue weighted by Crippen LogP contribution is -2.31. The molecule has 3 N–H and O–H groups in total. The van der Waals surface area contributed by atoms with Gasteiger partial charge in [0.15, 0.2) is 5.82 Å². The van der Waals surface area contributed by atoms with Gasteiger partial charge in [-0.15, -0.1) is 24.8 Å². The van der Waals surface area contributed by atoms with Crippen LogP contribution < -0.4 is 5.32 Å². The second-order valence-electron chi connectivity index (χ2n) is 5.43. The molecule has 1 aromatic carbocycles. The summed E-state index contributed by atoms with van der Waals surface area (Å²) in [5.74, 6) is 0.630. The van der Waals surface area contributed by atoms with Gasteiger partial charge < -0.3 is 20.2 Å². The van der Waals surface area contributed by atoms with Crippen molar-refractivity contribution in [3.63, 3.8) is 0 Å². The number of H-pyrrole nitrogens is 2. The molecule has 3 rings (SSSR count). The molecule has 2 heterocycles. The number of hydrogen-bond acceptors (Lipinski definition) is 3. The Kier molecular flexibility index (Phi) is 7.28. The highest BCUT2D eigenvalue weighted by Gasteiger charge is 2.14. The number of likely N-dealkylation sites (N-methyl/N-ethyl adjacent to an activating group) is 1. The van der Waals surface area contributed by atoms with Crippen LogP contribution in [0.2, 0.25) is 0 Å². The number of benzene rings is 1. The molecule has 0 aliphatic heterocycles. The van der Waals surface area contributed by atoms with E-state index < -0.39 is 0 Å². The van der Waals surface area contributed by atoms with Crippen LogP contribution in [-0.4, -0.2) is 52.9 Å². The van der Waals surface area contributed by atoms with Crippen molar-refractivity contribution in [3.8, 4) is 11.5 Å². The van der Waals surface area contributed by atoms with E-state index in [1.165, 1.54) is 0 Å². The molecule has 0 saturated heterocycles. The Labute approximate surface area is 152 Å². The standard InChI is InChI=1S/C16H19N5O.2ClH/c1-21(2)10-9-18-16(22)11-5-3-6-12-14(11)20-15(19-12)13-7-4-8-17-13;;/h3-8,17H,9-10H2,1-2H3,(H,18,22)(H,19,20);2*1H. The SMILES string of the molecule is CN(C)CCNC(=O)c1cccc2[nH]c(-c3ccc[nH]3)nc12.Cl.Cl. The maximum Gasteiger partial charge on any atom is 0.253 e. The Hall–Kier alpha value is -2.02. The number of rotatable bonds is 5. The van der Waals surface area contributed by atoms with Gasteiger partial charge in [-0.25, -0.2) is 4.98 Å². The van der Waals surface area contributed by atoms with Gasteiger partial charge in [0.1, 0.15) is 5.52 Å². The van der Waals surface area contributed by atoms with E-state index in [1.54, 1.807) is 6.07 Å². The van der Waals surface area contributed by atoms with Crippen LogP contribution in [-0.2, 0) is 0 Å². The number of para-hydroxylation sites is 1. The zero-order chi connectivity index (χ0) is 15.5. The third-order valence-electron chi connectivity index (χ3n) is 3.45. The van der Waals surface area contributed by atoms with Crippen molar-refractivity contribution < 1.29 is 4.79 Å². The van der Waals surface area contributed by atoms with E-state index in [2.05, 4.69) is 20.3 Å². The van der Waals surface area contributed by atoms with Crippen molar-refractivity contribution in [2.45, 2.75) is 0 Å². The minimum atomic E-state index is -0.100. The first kappa shape index (κ1) is 20.0. The highest BCUT2D eigenvalue weighted by atomic mass is 35.5. The highest BCUT2D eigenvalue weighted by molar-refractivity contribution is 6.05. The minimum absolute atomic E-state index is 0. The summed E-state index contributed by atoms with van der Waals surface area (Å²) in [5.41, 5.74) is 3.03. The summed E-state index contributed by atoms with van der Waals surface area (Å²) in [6.45, 7) is 1.41. The molecule has 24 heavy (non-hydrogen) atoms. The van der Waals surface area contributed by atoms with Crippen LogP contribution in [0.4, 0.5) is 0 Å². The average Bonchev–Trinajstić information content (AvgIpc) is 3.14. The highest BCUT2D eigenvalue weighted by Crippen LogP contribution is 2.21. The van der Waals surface area contributed by atoms with Crippen LogP contribution >= 0.6 is 24.8 Å². The first-order valence-corrected chi connectivity index (χ1v) is 7.20. The number of hydrogen-bond donors (Lipinski definition) is 3. The van der Waals surface area contributed by atoms with E-state index in [4.69, 9.17) is 0 Å². The van der Waals surface area contributed by atoms with E-state index in [0.717, 1.165) is 23.6 Å². The molecule has 0 saturated carbocycles. The molecule has 0 atom stereocenters. The molecule has 0 aliphatic rings. The van der Waals surface area contributed by atoms with Gasteiger partial charge in [-0.2, -0.15) is 0 Å². The molecule has 8 heteroatoms.